The van der Waals surface area contributed by atoms with Gasteiger partial charge >= 0.3 is 0 Å². The molecule has 13 heavy (non-hydrogen) atoms. The summed E-state index contributed by atoms with van der Waals surface area (Å²) < 4.78 is 5.57. The van der Waals surface area contributed by atoms with Crippen molar-refractivity contribution < 1.29 is 4.74 Å². The van der Waals surface area contributed by atoms with Crippen molar-refractivity contribution in [2.24, 2.45) is 0 Å². The van der Waals surface area contributed by atoms with Gasteiger partial charge in [0.15, 0.2) is 0 Å². The van der Waals surface area contributed by atoms with Crippen LogP contribution in [0.4, 0.5) is 0 Å². The molecule has 0 unspecified atom stereocenters. The van der Waals surface area contributed by atoms with E-state index in [1.807, 2.05) is 6.92 Å². The highest BCUT2D eigenvalue weighted by Crippen LogP contribution is 2.06. The molecule has 0 aliphatic rings. The second kappa shape index (κ2) is 7.34. The Morgan fingerprint density at radius 2 is 1.85 bits per heavy atom. The molecule has 0 rings (SSSR count). The van der Waals surface area contributed by atoms with Crippen LogP contribution >= 0.6 is 0 Å². The highest BCUT2D eigenvalue weighted by Gasteiger charge is 2.15. The fraction of sp³-hybridized carbons (Fsp3) is 1.00. The first-order chi connectivity index (χ1) is 6.12. The van der Waals surface area contributed by atoms with Crippen molar-refractivity contribution in [3.05, 3.63) is 0 Å². The quantitative estimate of drug-likeness (QED) is 0.590. The Labute approximate surface area is 83.1 Å². The fourth-order valence-electron chi connectivity index (χ4n) is 1.33. The Hall–Kier alpha value is -0.0800. The van der Waals surface area contributed by atoms with E-state index in [-0.39, 0.29) is 5.60 Å². The summed E-state index contributed by atoms with van der Waals surface area (Å²) in [7, 11) is 0. The summed E-state index contributed by atoms with van der Waals surface area (Å²) in [5, 5.41) is 3.42. The van der Waals surface area contributed by atoms with Gasteiger partial charge in [0.2, 0.25) is 0 Å². The Morgan fingerprint density at radius 3 is 2.38 bits per heavy atom. The van der Waals surface area contributed by atoms with E-state index in [9.17, 15) is 0 Å². The van der Waals surface area contributed by atoms with Gasteiger partial charge in [0.25, 0.3) is 0 Å². The number of nitrogens with one attached hydrogen (secondary N) is 1. The summed E-state index contributed by atoms with van der Waals surface area (Å²) in [4.78, 5) is 0. The second-order valence-corrected chi connectivity index (χ2v) is 4.08. The van der Waals surface area contributed by atoms with Crippen molar-refractivity contribution in [1.82, 2.24) is 5.32 Å². The van der Waals surface area contributed by atoms with Gasteiger partial charge in [-0.25, -0.2) is 0 Å². The molecule has 0 heterocycles. The van der Waals surface area contributed by atoms with Crippen LogP contribution in [0.5, 0.6) is 0 Å². The SMILES string of the molecule is CCCCCNCC(C)(C)OCC. The van der Waals surface area contributed by atoms with Crippen LogP contribution in [-0.4, -0.2) is 25.3 Å². The minimum Gasteiger partial charge on any atom is -0.375 e. The van der Waals surface area contributed by atoms with Crippen LogP contribution in [0.15, 0.2) is 0 Å². The minimum absolute atomic E-state index is 0.0129. The lowest BCUT2D eigenvalue weighted by atomic mass is 10.1. The first kappa shape index (κ1) is 12.9. The molecular weight excluding hydrogens is 162 g/mol. The molecule has 2 nitrogen and oxygen atoms in total. The molecule has 0 amide bonds. The maximum absolute atomic E-state index is 5.57. The predicted octanol–water partition coefficient (Wildman–Crippen LogP) is 2.58. The third kappa shape index (κ3) is 8.26. The average molecular weight is 187 g/mol. The van der Waals surface area contributed by atoms with Crippen molar-refractivity contribution in [2.45, 2.75) is 52.6 Å². The molecule has 0 radical (unpaired) electrons. The second-order valence-electron chi connectivity index (χ2n) is 4.08. The lowest BCUT2D eigenvalue weighted by molar-refractivity contribution is -0.00867. The largest absolute Gasteiger partial charge is 0.375 e. The molecule has 0 saturated heterocycles. The van der Waals surface area contributed by atoms with Crippen LogP contribution in [0.3, 0.4) is 0 Å². The van der Waals surface area contributed by atoms with Crippen LogP contribution in [-0.2, 0) is 4.74 Å². The monoisotopic (exact) mass is 187 g/mol. The van der Waals surface area contributed by atoms with Crippen molar-refractivity contribution in [3.8, 4) is 0 Å². The van der Waals surface area contributed by atoms with E-state index in [0.29, 0.717) is 0 Å². The molecule has 1 N–H and O–H groups in total. The van der Waals surface area contributed by atoms with Gasteiger partial charge in [-0.15, -0.1) is 0 Å². The van der Waals surface area contributed by atoms with Crippen molar-refractivity contribution in [1.29, 1.82) is 0 Å². The first-order valence-electron chi connectivity index (χ1n) is 5.47. The number of ether oxygens (including phenoxy) is 1. The molecule has 0 saturated carbocycles. The van der Waals surface area contributed by atoms with Gasteiger partial charge < -0.3 is 10.1 Å². The summed E-state index contributed by atoms with van der Waals surface area (Å²) in [6.07, 6.45) is 3.89. The predicted molar refractivity (Wildman–Crippen MR) is 58.1 cm³/mol. The maximum Gasteiger partial charge on any atom is 0.0750 e. The third-order valence-corrected chi connectivity index (χ3v) is 2.04. The lowest BCUT2D eigenvalue weighted by Crippen LogP contribution is -2.38. The van der Waals surface area contributed by atoms with Gasteiger partial charge in [-0.3, -0.25) is 0 Å². The molecule has 0 spiro atoms. The Balaban J connectivity index is 3.29. The molecule has 0 fully saturated rings. The zero-order chi connectivity index (χ0) is 10.2. The van der Waals surface area contributed by atoms with E-state index in [4.69, 9.17) is 4.74 Å². The zero-order valence-corrected chi connectivity index (χ0v) is 9.65. The summed E-state index contributed by atoms with van der Waals surface area (Å²) in [5.41, 5.74) is -0.0129. The molecule has 0 aliphatic carbocycles. The van der Waals surface area contributed by atoms with Crippen LogP contribution in [0.2, 0.25) is 0 Å². The Morgan fingerprint density at radius 1 is 1.15 bits per heavy atom. The summed E-state index contributed by atoms with van der Waals surface area (Å²) in [5.74, 6) is 0. The molecule has 0 bridgehead atoms. The smallest absolute Gasteiger partial charge is 0.0750 e. The number of unbranched alkanes of at least 4 members (excludes halogenated alkanes) is 2. The van der Waals surface area contributed by atoms with Crippen LogP contribution in [0.25, 0.3) is 0 Å². The van der Waals surface area contributed by atoms with Gasteiger partial charge in [-0.05, 0) is 33.7 Å². The third-order valence-electron chi connectivity index (χ3n) is 2.04. The molecular formula is C11H25NO. The van der Waals surface area contributed by atoms with E-state index in [0.717, 1.165) is 19.7 Å². The van der Waals surface area contributed by atoms with Gasteiger partial charge in [-0.2, -0.15) is 0 Å². The first-order valence-corrected chi connectivity index (χ1v) is 5.47. The summed E-state index contributed by atoms with van der Waals surface area (Å²) in [6, 6.07) is 0. The normalized spacial score (nSPS) is 12.0. The fourth-order valence-corrected chi connectivity index (χ4v) is 1.33. The lowest BCUT2D eigenvalue weighted by Gasteiger charge is -2.24. The summed E-state index contributed by atoms with van der Waals surface area (Å²) >= 11 is 0. The van der Waals surface area contributed by atoms with Crippen molar-refractivity contribution in [2.75, 3.05) is 19.7 Å². The maximum atomic E-state index is 5.57. The van der Waals surface area contributed by atoms with E-state index in [2.05, 4.69) is 26.1 Å². The molecule has 2 heteroatoms. The van der Waals surface area contributed by atoms with Crippen LogP contribution < -0.4 is 5.32 Å². The van der Waals surface area contributed by atoms with Gasteiger partial charge in [0, 0.05) is 13.2 Å². The van der Waals surface area contributed by atoms with Crippen LogP contribution in [0.1, 0.15) is 47.0 Å². The number of hydrogen-bond acceptors (Lipinski definition) is 2. The molecule has 0 atom stereocenters. The zero-order valence-electron chi connectivity index (χ0n) is 9.65. The van der Waals surface area contributed by atoms with E-state index >= 15 is 0 Å². The van der Waals surface area contributed by atoms with Gasteiger partial charge in [0.05, 0.1) is 5.60 Å². The Bertz CT molecular complexity index is 113. The average Bonchev–Trinajstić information content (AvgIpc) is 2.04. The van der Waals surface area contributed by atoms with Gasteiger partial charge in [-0.1, -0.05) is 19.8 Å². The highest BCUT2D eigenvalue weighted by atomic mass is 16.5. The van der Waals surface area contributed by atoms with Crippen molar-refractivity contribution >= 4 is 0 Å². The minimum atomic E-state index is -0.0129. The molecule has 80 valence electrons. The highest BCUT2D eigenvalue weighted by molar-refractivity contribution is 4.71. The summed E-state index contributed by atoms with van der Waals surface area (Å²) in [6.45, 7) is 11.4. The standard InChI is InChI=1S/C11H25NO/c1-5-7-8-9-12-10-11(3,4)13-6-2/h12H,5-10H2,1-4H3. The molecule has 0 aromatic carbocycles. The number of hydrogen-bond donors (Lipinski definition) is 1. The van der Waals surface area contributed by atoms with E-state index < -0.39 is 0 Å². The van der Waals surface area contributed by atoms with E-state index in [1.54, 1.807) is 0 Å². The van der Waals surface area contributed by atoms with Crippen molar-refractivity contribution in [3.63, 3.8) is 0 Å². The topological polar surface area (TPSA) is 21.3 Å². The van der Waals surface area contributed by atoms with Gasteiger partial charge in [0.1, 0.15) is 0 Å². The molecule has 0 aromatic heterocycles. The molecule has 0 aromatic rings. The number of rotatable bonds is 8. The Kier molecular flexibility index (Phi) is 7.29. The molecule has 0 aliphatic heterocycles. The van der Waals surface area contributed by atoms with Crippen LogP contribution in [0, 0.1) is 0 Å². The van der Waals surface area contributed by atoms with E-state index in [1.165, 1.54) is 19.3 Å².